The van der Waals surface area contributed by atoms with E-state index < -0.39 is 0 Å². The van der Waals surface area contributed by atoms with Crippen molar-refractivity contribution in [3.8, 4) is 0 Å². The maximum absolute atomic E-state index is 11.1. The van der Waals surface area contributed by atoms with Gasteiger partial charge in [-0.05, 0) is 0 Å². The van der Waals surface area contributed by atoms with Crippen LogP contribution in [-0.2, 0) is 4.79 Å². The zero-order valence-electron chi connectivity index (χ0n) is 7.12. The lowest BCUT2D eigenvalue weighted by molar-refractivity contribution is -0.125. The molecule has 0 saturated carbocycles. The second-order valence-corrected chi connectivity index (χ2v) is 2.98. The summed E-state index contributed by atoms with van der Waals surface area (Å²) in [4.78, 5) is 13.1. The highest BCUT2D eigenvalue weighted by Crippen LogP contribution is 1.98. The number of rotatable bonds is 3. The second-order valence-electron chi connectivity index (χ2n) is 2.98. The molecule has 0 aromatic carbocycles. The van der Waals surface area contributed by atoms with Gasteiger partial charge in [0.05, 0.1) is 12.6 Å². The van der Waals surface area contributed by atoms with Crippen LogP contribution in [0.4, 0.5) is 0 Å². The van der Waals surface area contributed by atoms with E-state index in [1.807, 2.05) is 4.90 Å². The van der Waals surface area contributed by atoms with Gasteiger partial charge in [0.1, 0.15) is 0 Å². The number of nitrogens with one attached hydrogen (secondary N) is 1. The van der Waals surface area contributed by atoms with Crippen LogP contribution < -0.4 is 11.1 Å². The Hall–Kier alpha value is -0.870. The Morgan fingerprint density at radius 1 is 1.83 bits per heavy atom. The molecule has 1 rings (SSSR count). The quantitative estimate of drug-likeness (QED) is 0.529. The number of piperazine rings is 1. The predicted octanol–water partition coefficient (Wildman–Crippen LogP) is -1.07. The van der Waals surface area contributed by atoms with E-state index in [1.54, 1.807) is 6.08 Å². The van der Waals surface area contributed by atoms with Gasteiger partial charge in [-0.3, -0.25) is 9.69 Å². The molecule has 0 bridgehead atoms. The fourth-order valence-electron chi connectivity index (χ4n) is 1.35. The molecule has 1 aliphatic heterocycles. The van der Waals surface area contributed by atoms with Crippen molar-refractivity contribution in [1.29, 1.82) is 0 Å². The van der Waals surface area contributed by atoms with Gasteiger partial charge in [-0.15, -0.1) is 6.58 Å². The average molecular weight is 169 g/mol. The van der Waals surface area contributed by atoms with Crippen molar-refractivity contribution in [1.82, 2.24) is 10.2 Å². The van der Waals surface area contributed by atoms with Crippen molar-refractivity contribution < 1.29 is 4.79 Å². The number of hydrogen-bond donors (Lipinski definition) is 2. The van der Waals surface area contributed by atoms with Gasteiger partial charge in [0.2, 0.25) is 5.91 Å². The van der Waals surface area contributed by atoms with Crippen LogP contribution >= 0.6 is 0 Å². The Morgan fingerprint density at radius 3 is 3.17 bits per heavy atom. The highest BCUT2D eigenvalue weighted by molar-refractivity contribution is 5.79. The van der Waals surface area contributed by atoms with Crippen molar-refractivity contribution in [2.24, 2.45) is 5.73 Å². The summed E-state index contributed by atoms with van der Waals surface area (Å²) >= 11 is 0. The Bertz CT molecular complexity index is 181. The molecule has 1 amide bonds. The molecule has 0 aliphatic carbocycles. The first-order chi connectivity index (χ1) is 5.76. The molecule has 0 aromatic heterocycles. The topological polar surface area (TPSA) is 58.4 Å². The molecule has 1 heterocycles. The number of carbonyl (C=O) groups is 1. The predicted molar refractivity (Wildman–Crippen MR) is 47.6 cm³/mol. The van der Waals surface area contributed by atoms with E-state index in [9.17, 15) is 4.79 Å². The number of amides is 1. The molecule has 1 fully saturated rings. The summed E-state index contributed by atoms with van der Waals surface area (Å²) < 4.78 is 0. The van der Waals surface area contributed by atoms with Crippen molar-refractivity contribution in [3.63, 3.8) is 0 Å². The van der Waals surface area contributed by atoms with E-state index in [-0.39, 0.29) is 11.9 Å². The summed E-state index contributed by atoms with van der Waals surface area (Å²) in [7, 11) is 0. The number of nitrogens with two attached hydrogens (primary N) is 1. The van der Waals surface area contributed by atoms with Gasteiger partial charge in [0.15, 0.2) is 0 Å². The second kappa shape index (κ2) is 4.23. The first kappa shape index (κ1) is 9.22. The molecule has 0 aromatic rings. The van der Waals surface area contributed by atoms with Crippen LogP contribution in [-0.4, -0.2) is 43.0 Å². The Morgan fingerprint density at radius 2 is 2.58 bits per heavy atom. The zero-order valence-corrected chi connectivity index (χ0v) is 7.12. The van der Waals surface area contributed by atoms with E-state index in [1.165, 1.54) is 0 Å². The average Bonchev–Trinajstić information content (AvgIpc) is 2.04. The van der Waals surface area contributed by atoms with Crippen molar-refractivity contribution in [2.75, 3.05) is 26.2 Å². The third kappa shape index (κ3) is 2.32. The normalized spacial score (nSPS) is 25.1. The molecule has 4 heteroatoms. The zero-order chi connectivity index (χ0) is 8.97. The molecule has 1 saturated heterocycles. The third-order valence-electron chi connectivity index (χ3n) is 1.88. The highest BCUT2D eigenvalue weighted by atomic mass is 16.2. The van der Waals surface area contributed by atoms with Gasteiger partial charge in [0, 0.05) is 19.6 Å². The number of hydrogen-bond acceptors (Lipinski definition) is 3. The van der Waals surface area contributed by atoms with Gasteiger partial charge in [0.25, 0.3) is 0 Å². The lowest BCUT2D eigenvalue weighted by atomic mass is 10.2. The highest BCUT2D eigenvalue weighted by Gasteiger charge is 2.21. The molecule has 3 N–H and O–H groups in total. The summed E-state index contributed by atoms with van der Waals surface area (Å²) in [6.45, 7) is 6.17. The molecule has 1 aliphatic rings. The van der Waals surface area contributed by atoms with E-state index in [0.717, 1.165) is 13.1 Å². The van der Waals surface area contributed by atoms with Crippen LogP contribution in [0.2, 0.25) is 0 Å². The molecule has 0 radical (unpaired) electrons. The molecular formula is C8H15N3O. The van der Waals surface area contributed by atoms with Crippen LogP contribution in [0.25, 0.3) is 0 Å². The van der Waals surface area contributed by atoms with Gasteiger partial charge < -0.3 is 11.1 Å². The van der Waals surface area contributed by atoms with Crippen LogP contribution in [0.1, 0.15) is 0 Å². The van der Waals surface area contributed by atoms with Crippen molar-refractivity contribution in [2.45, 2.75) is 6.04 Å². The minimum Gasteiger partial charge on any atom is -0.350 e. The van der Waals surface area contributed by atoms with Gasteiger partial charge in [-0.2, -0.15) is 0 Å². The monoisotopic (exact) mass is 169 g/mol. The summed E-state index contributed by atoms with van der Waals surface area (Å²) in [6.07, 6.45) is 1.80. The fraction of sp³-hybridized carbons (Fsp3) is 0.625. The van der Waals surface area contributed by atoms with Crippen LogP contribution in [0.5, 0.6) is 0 Å². The molecule has 1 atom stereocenters. The summed E-state index contributed by atoms with van der Waals surface area (Å²) in [5.74, 6) is 0.0542. The number of nitrogens with zero attached hydrogens (tertiary/aromatic N) is 1. The lowest BCUT2D eigenvalue weighted by Gasteiger charge is -2.31. The maximum Gasteiger partial charge on any atom is 0.234 e. The molecule has 4 nitrogen and oxygen atoms in total. The summed E-state index contributed by atoms with van der Waals surface area (Å²) in [5.41, 5.74) is 5.46. The Kier molecular flexibility index (Phi) is 3.25. The Labute approximate surface area is 72.4 Å². The third-order valence-corrected chi connectivity index (χ3v) is 1.88. The van der Waals surface area contributed by atoms with Gasteiger partial charge in [-0.25, -0.2) is 0 Å². The van der Waals surface area contributed by atoms with Gasteiger partial charge >= 0.3 is 0 Å². The first-order valence-corrected chi connectivity index (χ1v) is 4.09. The molecular weight excluding hydrogens is 154 g/mol. The Balaban J connectivity index is 2.44. The summed E-state index contributed by atoms with van der Waals surface area (Å²) in [6, 6.07) is 0.103. The van der Waals surface area contributed by atoms with Crippen LogP contribution in [0.15, 0.2) is 12.7 Å². The maximum atomic E-state index is 11.1. The largest absolute Gasteiger partial charge is 0.350 e. The minimum absolute atomic E-state index is 0.0542. The van der Waals surface area contributed by atoms with Crippen LogP contribution in [0, 0.1) is 0 Å². The molecule has 68 valence electrons. The minimum atomic E-state index is 0.0542. The smallest absolute Gasteiger partial charge is 0.234 e. The molecule has 1 unspecified atom stereocenters. The summed E-state index contributed by atoms with van der Waals surface area (Å²) in [5, 5.41) is 2.81. The standard InChI is InChI=1S/C8H15N3O/c1-2-3-11-5-7(4-9)10-8(12)6-11/h2,7H,1,3-6,9H2,(H,10,12). The fourth-order valence-corrected chi connectivity index (χ4v) is 1.35. The van der Waals surface area contributed by atoms with E-state index in [2.05, 4.69) is 11.9 Å². The van der Waals surface area contributed by atoms with E-state index in [4.69, 9.17) is 5.73 Å². The SMILES string of the molecule is C=CCN1CC(=O)NC(CN)C1. The van der Waals surface area contributed by atoms with Crippen molar-refractivity contribution >= 4 is 5.91 Å². The van der Waals surface area contributed by atoms with Crippen molar-refractivity contribution in [3.05, 3.63) is 12.7 Å². The number of carbonyl (C=O) groups excluding carboxylic acids is 1. The van der Waals surface area contributed by atoms with E-state index in [0.29, 0.717) is 13.1 Å². The molecule has 0 spiro atoms. The lowest BCUT2D eigenvalue weighted by Crippen LogP contribution is -2.56. The molecule has 12 heavy (non-hydrogen) atoms. The van der Waals surface area contributed by atoms with Gasteiger partial charge in [-0.1, -0.05) is 6.08 Å². The van der Waals surface area contributed by atoms with E-state index >= 15 is 0 Å². The first-order valence-electron chi connectivity index (χ1n) is 4.09. The van der Waals surface area contributed by atoms with Crippen LogP contribution in [0.3, 0.4) is 0 Å².